The van der Waals surface area contributed by atoms with Crippen LogP contribution in [0.3, 0.4) is 0 Å². The van der Waals surface area contributed by atoms with Crippen LogP contribution in [0.2, 0.25) is 0 Å². The van der Waals surface area contributed by atoms with Gasteiger partial charge >= 0.3 is 0 Å². The Hall–Kier alpha value is -2.25. The van der Waals surface area contributed by atoms with Gasteiger partial charge in [-0.25, -0.2) is 8.42 Å². The van der Waals surface area contributed by atoms with Crippen LogP contribution in [0.5, 0.6) is 0 Å². The quantitative estimate of drug-likeness (QED) is 0.727. The lowest BCUT2D eigenvalue weighted by Gasteiger charge is -2.31. The van der Waals surface area contributed by atoms with Gasteiger partial charge in [-0.1, -0.05) is 18.2 Å². The van der Waals surface area contributed by atoms with Gasteiger partial charge in [-0.15, -0.1) is 0 Å². The van der Waals surface area contributed by atoms with E-state index in [0.717, 1.165) is 0 Å². The van der Waals surface area contributed by atoms with Crippen LogP contribution < -0.4 is 4.31 Å². The Balaban J connectivity index is 1.92. The highest BCUT2D eigenvalue weighted by Gasteiger charge is 2.34. The summed E-state index contributed by atoms with van der Waals surface area (Å²) in [6.45, 7) is 2.51. The molecule has 1 aromatic carbocycles. The second-order valence-electron chi connectivity index (χ2n) is 6.29. The van der Waals surface area contributed by atoms with Gasteiger partial charge in [0, 0.05) is 25.0 Å². The molecule has 0 N–H and O–H groups in total. The third-order valence-corrected chi connectivity index (χ3v) is 6.75. The maximum absolute atomic E-state index is 13.3. The smallest absolute Gasteiger partial charge is 0.238 e. The van der Waals surface area contributed by atoms with Gasteiger partial charge in [-0.3, -0.25) is 14.1 Å². The standard InChI is InChI=1S/C19H22N2O4S/c1-15(22)16-7-8-17(20-13-16)14-21(18-5-3-2-4-6-18)26(23,24)19-9-11-25-12-10-19/h2-8,13,19H,9-12,14H2,1H3. The first-order chi connectivity index (χ1) is 12.5. The number of hydrogen-bond donors (Lipinski definition) is 0. The van der Waals surface area contributed by atoms with Crippen LogP contribution in [0.25, 0.3) is 0 Å². The van der Waals surface area contributed by atoms with Gasteiger partial charge < -0.3 is 4.74 Å². The molecule has 1 aliphatic heterocycles. The summed E-state index contributed by atoms with van der Waals surface area (Å²) < 4.78 is 33.2. The number of hydrogen-bond acceptors (Lipinski definition) is 5. The second kappa shape index (κ2) is 7.97. The van der Waals surface area contributed by atoms with Gasteiger partial charge in [0.15, 0.2) is 5.78 Å². The summed E-state index contributed by atoms with van der Waals surface area (Å²) in [6.07, 6.45) is 2.46. The molecular weight excluding hydrogens is 352 g/mol. The molecule has 1 aliphatic rings. The number of ether oxygens (including phenoxy) is 1. The first kappa shape index (κ1) is 18.5. The molecule has 7 heteroatoms. The van der Waals surface area contributed by atoms with E-state index >= 15 is 0 Å². The minimum Gasteiger partial charge on any atom is -0.381 e. The number of aromatic nitrogens is 1. The molecule has 0 bridgehead atoms. The number of para-hydroxylation sites is 1. The number of ketones is 1. The molecule has 1 fully saturated rings. The van der Waals surface area contributed by atoms with E-state index in [-0.39, 0.29) is 12.3 Å². The molecule has 0 aliphatic carbocycles. The lowest BCUT2D eigenvalue weighted by molar-refractivity contribution is 0.0983. The number of Topliss-reactive ketones (excluding diaryl/α,β-unsaturated/α-hetero) is 1. The van der Waals surface area contributed by atoms with Crippen LogP contribution in [0.15, 0.2) is 48.7 Å². The van der Waals surface area contributed by atoms with Crippen LogP contribution in [-0.2, 0) is 21.3 Å². The highest BCUT2D eigenvalue weighted by Crippen LogP contribution is 2.27. The fraction of sp³-hybridized carbons (Fsp3) is 0.368. The number of anilines is 1. The van der Waals surface area contributed by atoms with Gasteiger partial charge in [0.1, 0.15) is 0 Å². The van der Waals surface area contributed by atoms with Crippen molar-refractivity contribution in [2.75, 3.05) is 17.5 Å². The molecular formula is C19H22N2O4S. The van der Waals surface area contributed by atoms with Crippen molar-refractivity contribution in [2.45, 2.75) is 31.6 Å². The third kappa shape index (κ3) is 4.11. The van der Waals surface area contributed by atoms with Crippen molar-refractivity contribution in [2.24, 2.45) is 0 Å². The summed E-state index contributed by atoms with van der Waals surface area (Å²) in [7, 11) is -3.56. The molecule has 138 valence electrons. The summed E-state index contributed by atoms with van der Waals surface area (Å²) in [5.74, 6) is -0.0706. The third-order valence-electron chi connectivity index (χ3n) is 4.48. The zero-order chi connectivity index (χ0) is 18.6. The average molecular weight is 374 g/mol. The van der Waals surface area contributed by atoms with Crippen LogP contribution in [0.1, 0.15) is 35.8 Å². The molecule has 1 saturated heterocycles. The monoisotopic (exact) mass is 374 g/mol. The number of sulfonamides is 1. The Morgan fingerprint density at radius 2 is 1.85 bits per heavy atom. The van der Waals surface area contributed by atoms with Crippen molar-refractivity contribution >= 4 is 21.5 Å². The number of pyridine rings is 1. The summed E-state index contributed by atoms with van der Waals surface area (Å²) >= 11 is 0. The molecule has 2 heterocycles. The van der Waals surface area contributed by atoms with Gasteiger partial charge in [0.25, 0.3) is 0 Å². The van der Waals surface area contributed by atoms with E-state index in [1.165, 1.54) is 17.4 Å². The SMILES string of the molecule is CC(=O)c1ccc(CN(c2ccccc2)S(=O)(=O)C2CCOCC2)nc1. The van der Waals surface area contributed by atoms with Crippen molar-refractivity contribution in [3.63, 3.8) is 0 Å². The number of rotatable bonds is 6. The maximum atomic E-state index is 13.3. The summed E-state index contributed by atoms with van der Waals surface area (Å²) in [5.41, 5.74) is 1.71. The highest BCUT2D eigenvalue weighted by molar-refractivity contribution is 7.93. The van der Waals surface area contributed by atoms with Crippen LogP contribution >= 0.6 is 0 Å². The number of nitrogens with zero attached hydrogens (tertiary/aromatic N) is 2. The zero-order valence-electron chi connectivity index (χ0n) is 14.7. The zero-order valence-corrected chi connectivity index (χ0v) is 15.5. The molecule has 0 atom stereocenters. The molecule has 3 rings (SSSR count). The maximum Gasteiger partial charge on any atom is 0.238 e. The average Bonchev–Trinajstić information content (AvgIpc) is 2.67. The fourth-order valence-corrected chi connectivity index (χ4v) is 4.83. The Bertz CT molecular complexity index is 845. The van der Waals surface area contributed by atoms with Crippen LogP contribution in [0.4, 0.5) is 5.69 Å². The topological polar surface area (TPSA) is 76.6 Å². The number of benzene rings is 1. The predicted octanol–water partition coefficient (Wildman–Crippen LogP) is 2.80. The summed E-state index contributed by atoms with van der Waals surface area (Å²) in [4.78, 5) is 15.7. The van der Waals surface area contributed by atoms with E-state index < -0.39 is 15.3 Å². The van der Waals surface area contributed by atoms with Crippen molar-refractivity contribution in [3.8, 4) is 0 Å². The normalized spacial score (nSPS) is 15.6. The van der Waals surface area contributed by atoms with E-state index in [1.54, 1.807) is 24.3 Å². The van der Waals surface area contributed by atoms with E-state index in [2.05, 4.69) is 4.98 Å². The first-order valence-electron chi connectivity index (χ1n) is 8.58. The second-order valence-corrected chi connectivity index (χ2v) is 8.43. The van der Waals surface area contributed by atoms with Gasteiger partial charge in [0.2, 0.25) is 10.0 Å². The van der Waals surface area contributed by atoms with Gasteiger partial charge in [0.05, 0.1) is 23.2 Å². The number of carbonyl (C=O) groups is 1. The Morgan fingerprint density at radius 1 is 1.15 bits per heavy atom. The predicted molar refractivity (Wildman–Crippen MR) is 99.6 cm³/mol. The highest BCUT2D eigenvalue weighted by atomic mass is 32.2. The van der Waals surface area contributed by atoms with Crippen molar-refractivity contribution in [3.05, 3.63) is 59.9 Å². The van der Waals surface area contributed by atoms with E-state index in [1.807, 2.05) is 18.2 Å². The first-order valence-corrected chi connectivity index (χ1v) is 10.1. The van der Waals surface area contributed by atoms with E-state index in [4.69, 9.17) is 4.74 Å². The Labute approximate surface area is 153 Å². The van der Waals surface area contributed by atoms with Gasteiger partial charge in [-0.2, -0.15) is 0 Å². The number of carbonyl (C=O) groups excluding carboxylic acids is 1. The van der Waals surface area contributed by atoms with Gasteiger partial charge in [-0.05, 0) is 44.0 Å². The molecule has 0 spiro atoms. The Morgan fingerprint density at radius 3 is 2.42 bits per heavy atom. The molecule has 0 radical (unpaired) electrons. The lowest BCUT2D eigenvalue weighted by atomic mass is 10.2. The Kier molecular flexibility index (Phi) is 5.68. The van der Waals surface area contributed by atoms with Crippen LogP contribution in [-0.4, -0.2) is 37.6 Å². The minimum atomic E-state index is -3.56. The minimum absolute atomic E-state index is 0.0706. The van der Waals surface area contributed by atoms with Crippen LogP contribution in [0, 0.1) is 0 Å². The molecule has 6 nitrogen and oxygen atoms in total. The molecule has 0 unspecified atom stereocenters. The summed E-state index contributed by atoms with van der Waals surface area (Å²) in [5, 5.41) is -0.465. The van der Waals surface area contributed by atoms with Crippen molar-refractivity contribution < 1.29 is 17.9 Å². The van der Waals surface area contributed by atoms with Crippen molar-refractivity contribution in [1.82, 2.24) is 4.98 Å². The van der Waals surface area contributed by atoms with Crippen molar-refractivity contribution in [1.29, 1.82) is 0 Å². The molecule has 26 heavy (non-hydrogen) atoms. The largest absolute Gasteiger partial charge is 0.381 e. The van der Waals surface area contributed by atoms with E-state index in [9.17, 15) is 13.2 Å². The molecule has 2 aromatic rings. The fourth-order valence-electron chi connectivity index (χ4n) is 2.95. The molecule has 0 amide bonds. The van der Waals surface area contributed by atoms with E-state index in [0.29, 0.717) is 43.0 Å². The molecule has 0 saturated carbocycles. The molecule has 1 aromatic heterocycles. The lowest BCUT2D eigenvalue weighted by Crippen LogP contribution is -2.41. The summed E-state index contributed by atoms with van der Waals surface area (Å²) in [6, 6.07) is 12.4.